The van der Waals surface area contributed by atoms with Crippen LogP contribution in [0.3, 0.4) is 0 Å². The van der Waals surface area contributed by atoms with Gasteiger partial charge in [0.1, 0.15) is 0 Å². The molecule has 1 rings (SSSR count). The molecule has 0 saturated heterocycles. The van der Waals surface area contributed by atoms with Gasteiger partial charge in [-0.2, -0.15) is 0 Å². The lowest BCUT2D eigenvalue weighted by atomic mass is 9.95. The number of hydrogen-bond acceptors (Lipinski definition) is 2. The second kappa shape index (κ2) is 8.39. The van der Waals surface area contributed by atoms with Crippen molar-refractivity contribution in [2.24, 2.45) is 5.92 Å². The van der Waals surface area contributed by atoms with Crippen LogP contribution >= 0.6 is 0 Å². The lowest BCUT2D eigenvalue weighted by Gasteiger charge is -2.23. The Hall–Kier alpha value is -1.79. The van der Waals surface area contributed by atoms with Crippen LogP contribution in [-0.4, -0.2) is 19.0 Å². The number of amides is 1. The Labute approximate surface area is 122 Å². The van der Waals surface area contributed by atoms with Crippen molar-refractivity contribution in [1.29, 1.82) is 0 Å². The number of carbonyl (C=O) groups excluding carboxylic acids is 1. The number of terminal acetylenes is 1. The van der Waals surface area contributed by atoms with Gasteiger partial charge in [-0.25, -0.2) is 0 Å². The highest BCUT2D eigenvalue weighted by molar-refractivity contribution is 5.78. The standard InChI is InChI=1S/C17H24N2O/c1-5-11-18-16(20)12-19-17(13(3)4)15-9-7-14(6-2)8-10-15/h1,7-10,13,17,19H,6,11-12H2,2-4H3,(H,18,20)/t17-/m1/s1. The first-order chi connectivity index (χ1) is 9.58. The molecule has 0 aliphatic heterocycles. The van der Waals surface area contributed by atoms with Crippen LogP contribution in [0.1, 0.15) is 37.9 Å². The molecule has 0 heterocycles. The predicted octanol–water partition coefficient (Wildman–Crippen LogP) is 2.29. The van der Waals surface area contributed by atoms with Gasteiger partial charge in [0.2, 0.25) is 5.91 Å². The van der Waals surface area contributed by atoms with Gasteiger partial charge in [0, 0.05) is 6.04 Å². The van der Waals surface area contributed by atoms with E-state index in [1.807, 2.05) is 0 Å². The van der Waals surface area contributed by atoms with E-state index >= 15 is 0 Å². The second-order valence-corrected chi connectivity index (χ2v) is 5.18. The molecule has 0 fully saturated rings. The first kappa shape index (κ1) is 16.3. The third-order valence-corrected chi connectivity index (χ3v) is 3.28. The predicted molar refractivity (Wildman–Crippen MR) is 83.2 cm³/mol. The van der Waals surface area contributed by atoms with Crippen LogP contribution in [0.25, 0.3) is 0 Å². The van der Waals surface area contributed by atoms with Crippen molar-refractivity contribution < 1.29 is 4.79 Å². The number of benzene rings is 1. The normalized spacial score (nSPS) is 11.9. The number of rotatable bonds is 7. The lowest BCUT2D eigenvalue weighted by molar-refractivity contribution is -0.120. The molecule has 1 aromatic rings. The maximum Gasteiger partial charge on any atom is 0.234 e. The third-order valence-electron chi connectivity index (χ3n) is 3.28. The van der Waals surface area contributed by atoms with Gasteiger partial charge in [-0.05, 0) is 23.5 Å². The zero-order chi connectivity index (χ0) is 15.0. The van der Waals surface area contributed by atoms with Crippen LogP contribution in [-0.2, 0) is 11.2 Å². The molecular formula is C17H24N2O. The molecule has 1 amide bonds. The van der Waals surface area contributed by atoms with Crippen LogP contribution in [0, 0.1) is 18.3 Å². The molecule has 1 atom stereocenters. The van der Waals surface area contributed by atoms with Gasteiger partial charge in [0.05, 0.1) is 13.1 Å². The molecule has 0 aliphatic rings. The summed E-state index contributed by atoms with van der Waals surface area (Å²) in [4.78, 5) is 11.6. The Balaban J connectivity index is 2.64. The van der Waals surface area contributed by atoms with E-state index in [2.05, 4.69) is 61.6 Å². The fourth-order valence-corrected chi connectivity index (χ4v) is 2.11. The molecule has 0 aliphatic carbocycles. The van der Waals surface area contributed by atoms with Crippen LogP contribution < -0.4 is 10.6 Å². The molecule has 0 bridgehead atoms. The molecule has 0 spiro atoms. The van der Waals surface area contributed by atoms with Crippen LogP contribution in [0.15, 0.2) is 24.3 Å². The summed E-state index contributed by atoms with van der Waals surface area (Å²) in [7, 11) is 0. The molecule has 0 saturated carbocycles. The average molecular weight is 272 g/mol. The maximum atomic E-state index is 11.6. The number of hydrogen-bond donors (Lipinski definition) is 2. The molecule has 3 nitrogen and oxygen atoms in total. The lowest BCUT2D eigenvalue weighted by Crippen LogP contribution is -2.37. The summed E-state index contributed by atoms with van der Waals surface area (Å²) in [6, 6.07) is 8.72. The summed E-state index contributed by atoms with van der Waals surface area (Å²) in [6.07, 6.45) is 6.15. The summed E-state index contributed by atoms with van der Waals surface area (Å²) in [5.74, 6) is 2.73. The van der Waals surface area contributed by atoms with E-state index in [0.29, 0.717) is 5.92 Å². The third kappa shape index (κ3) is 5.07. The number of aryl methyl sites for hydroxylation is 1. The van der Waals surface area contributed by atoms with E-state index in [9.17, 15) is 4.79 Å². The summed E-state index contributed by atoms with van der Waals surface area (Å²) in [6.45, 7) is 6.98. The smallest absolute Gasteiger partial charge is 0.234 e. The van der Waals surface area contributed by atoms with Gasteiger partial charge in [0.25, 0.3) is 0 Å². The molecule has 108 valence electrons. The molecular weight excluding hydrogens is 248 g/mol. The van der Waals surface area contributed by atoms with Crippen LogP contribution in [0.2, 0.25) is 0 Å². The van der Waals surface area contributed by atoms with E-state index in [0.717, 1.165) is 6.42 Å². The van der Waals surface area contributed by atoms with Crippen molar-refractivity contribution in [1.82, 2.24) is 10.6 Å². The highest BCUT2D eigenvalue weighted by Gasteiger charge is 2.16. The van der Waals surface area contributed by atoms with Crippen molar-refractivity contribution in [3.8, 4) is 12.3 Å². The zero-order valence-electron chi connectivity index (χ0n) is 12.6. The fraction of sp³-hybridized carbons (Fsp3) is 0.471. The van der Waals surface area contributed by atoms with E-state index in [-0.39, 0.29) is 25.0 Å². The SMILES string of the molecule is C#CCNC(=O)CN[C@@H](c1ccc(CC)cc1)C(C)C. The summed E-state index contributed by atoms with van der Waals surface area (Å²) in [5, 5.41) is 5.96. The van der Waals surface area contributed by atoms with Gasteiger partial charge >= 0.3 is 0 Å². The van der Waals surface area contributed by atoms with E-state index in [4.69, 9.17) is 6.42 Å². The molecule has 0 radical (unpaired) electrons. The minimum atomic E-state index is -0.0706. The van der Waals surface area contributed by atoms with Crippen molar-refractivity contribution in [2.75, 3.05) is 13.1 Å². The first-order valence-corrected chi connectivity index (χ1v) is 7.10. The average Bonchev–Trinajstić information content (AvgIpc) is 2.45. The quantitative estimate of drug-likeness (QED) is 0.748. The maximum absolute atomic E-state index is 11.6. The van der Waals surface area contributed by atoms with Crippen LogP contribution in [0.4, 0.5) is 0 Å². The van der Waals surface area contributed by atoms with Crippen molar-refractivity contribution in [3.05, 3.63) is 35.4 Å². The van der Waals surface area contributed by atoms with E-state index in [1.54, 1.807) is 0 Å². The fourth-order valence-electron chi connectivity index (χ4n) is 2.11. The molecule has 2 N–H and O–H groups in total. The second-order valence-electron chi connectivity index (χ2n) is 5.18. The molecule has 0 aromatic heterocycles. The van der Waals surface area contributed by atoms with Gasteiger partial charge in [-0.1, -0.05) is 51.0 Å². The first-order valence-electron chi connectivity index (χ1n) is 7.10. The van der Waals surface area contributed by atoms with Gasteiger partial charge < -0.3 is 10.6 Å². The highest BCUT2D eigenvalue weighted by atomic mass is 16.1. The van der Waals surface area contributed by atoms with Gasteiger partial charge in [-0.3, -0.25) is 4.79 Å². The Bertz CT molecular complexity index is 457. The Morgan fingerprint density at radius 3 is 2.45 bits per heavy atom. The molecule has 1 aromatic carbocycles. The molecule has 0 unspecified atom stereocenters. The molecule has 3 heteroatoms. The minimum absolute atomic E-state index is 0.0706. The minimum Gasteiger partial charge on any atom is -0.344 e. The number of nitrogens with one attached hydrogen (secondary N) is 2. The molecule has 20 heavy (non-hydrogen) atoms. The topological polar surface area (TPSA) is 41.1 Å². The van der Waals surface area contributed by atoms with Crippen molar-refractivity contribution in [2.45, 2.75) is 33.2 Å². The van der Waals surface area contributed by atoms with Gasteiger partial charge in [0.15, 0.2) is 0 Å². The zero-order valence-corrected chi connectivity index (χ0v) is 12.6. The summed E-state index contributed by atoms with van der Waals surface area (Å²) < 4.78 is 0. The van der Waals surface area contributed by atoms with Crippen molar-refractivity contribution in [3.63, 3.8) is 0 Å². The highest BCUT2D eigenvalue weighted by Crippen LogP contribution is 2.21. The monoisotopic (exact) mass is 272 g/mol. The van der Waals surface area contributed by atoms with Crippen molar-refractivity contribution >= 4 is 5.91 Å². The number of carbonyl (C=O) groups is 1. The van der Waals surface area contributed by atoms with Gasteiger partial charge in [-0.15, -0.1) is 6.42 Å². The Kier molecular flexibility index (Phi) is 6.83. The summed E-state index contributed by atoms with van der Waals surface area (Å²) in [5.41, 5.74) is 2.53. The largest absolute Gasteiger partial charge is 0.344 e. The van der Waals surface area contributed by atoms with Crippen LogP contribution in [0.5, 0.6) is 0 Å². The summed E-state index contributed by atoms with van der Waals surface area (Å²) >= 11 is 0. The van der Waals surface area contributed by atoms with E-state index in [1.165, 1.54) is 11.1 Å². The Morgan fingerprint density at radius 2 is 1.95 bits per heavy atom. The van der Waals surface area contributed by atoms with E-state index < -0.39 is 0 Å². The Morgan fingerprint density at radius 1 is 1.30 bits per heavy atom.